The lowest BCUT2D eigenvalue weighted by Gasteiger charge is -2.21. The third kappa shape index (κ3) is 5.32. The van der Waals surface area contributed by atoms with Gasteiger partial charge in [-0.05, 0) is 18.1 Å². The second kappa shape index (κ2) is 9.63. The van der Waals surface area contributed by atoms with Gasteiger partial charge in [0.25, 0.3) is 0 Å². The van der Waals surface area contributed by atoms with Crippen LogP contribution >= 0.6 is 0 Å². The number of ketones is 1. The zero-order valence-corrected chi connectivity index (χ0v) is 17.8. The summed E-state index contributed by atoms with van der Waals surface area (Å²) in [5.74, 6) is -2.72. The van der Waals surface area contributed by atoms with E-state index >= 15 is 0 Å². The summed E-state index contributed by atoms with van der Waals surface area (Å²) in [7, 11) is 0. The largest absolute Gasteiger partial charge is 0.481 e. The van der Waals surface area contributed by atoms with Gasteiger partial charge in [-0.2, -0.15) is 5.10 Å². The third-order valence-corrected chi connectivity index (χ3v) is 4.91. The normalized spacial score (nSPS) is 12.1. The molecule has 2 aromatic heterocycles. The molecule has 1 aromatic carbocycles. The van der Waals surface area contributed by atoms with E-state index in [-0.39, 0.29) is 47.7 Å². The minimum atomic E-state index is -1.02. The van der Waals surface area contributed by atoms with Gasteiger partial charge in [-0.15, -0.1) is 0 Å². The maximum absolute atomic E-state index is 14.3. The highest BCUT2D eigenvalue weighted by Crippen LogP contribution is 2.22. The lowest BCUT2D eigenvalue weighted by molar-refractivity contribution is -0.137. The van der Waals surface area contributed by atoms with E-state index in [4.69, 9.17) is 5.11 Å². The Morgan fingerprint density at radius 2 is 1.91 bits per heavy atom. The van der Waals surface area contributed by atoms with E-state index in [9.17, 15) is 18.4 Å². The van der Waals surface area contributed by atoms with Crippen LogP contribution in [0.5, 0.6) is 0 Å². The van der Waals surface area contributed by atoms with Crippen molar-refractivity contribution in [2.75, 3.05) is 5.32 Å². The minimum absolute atomic E-state index is 0.0158. The number of carboxylic acid groups (broad SMARTS) is 1. The third-order valence-electron chi connectivity index (χ3n) is 4.91. The topological polar surface area (TPSA) is 110 Å². The summed E-state index contributed by atoms with van der Waals surface area (Å²) in [6.07, 6.45) is 0.730. The van der Waals surface area contributed by atoms with Crippen molar-refractivity contribution in [3.63, 3.8) is 0 Å². The number of aliphatic carboxylic acids is 1. The molecule has 0 saturated heterocycles. The Morgan fingerprint density at radius 1 is 1.19 bits per heavy atom. The fraction of sp³-hybridized carbons (Fsp3) is 0.318. The number of rotatable bonds is 9. The van der Waals surface area contributed by atoms with Crippen LogP contribution in [0.1, 0.15) is 43.2 Å². The number of carbonyl (C=O) groups excluding carboxylic acids is 1. The van der Waals surface area contributed by atoms with Crippen LogP contribution in [0, 0.1) is 17.6 Å². The molecule has 168 valence electrons. The van der Waals surface area contributed by atoms with Crippen LogP contribution in [-0.2, 0) is 11.3 Å². The number of Topliss-reactive ketones (excluding diaryl/α,β-unsaturated/α-hetero) is 1. The van der Waals surface area contributed by atoms with Gasteiger partial charge in [0.15, 0.2) is 23.2 Å². The van der Waals surface area contributed by atoms with Crippen molar-refractivity contribution in [3.8, 4) is 11.5 Å². The molecule has 8 nitrogen and oxygen atoms in total. The molecule has 0 unspecified atom stereocenters. The highest BCUT2D eigenvalue weighted by molar-refractivity contribution is 5.93. The molecule has 3 rings (SSSR count). The summed E-state index contributed by atoms with van der Waals surface area (Å²) in [6.45, 7) is 4.99. The van der Waals surface area contributed by atoms with Crippen molar-refractivity contribution in [1.82, 2.24) is 19.7 Å². The van der Waals surface area contributed by atoms with Gasteiger partial charge >= 0.3 is 5.97 Å². The summed E-state index contributed by atoms with van der Waals surface area (Å²) in [6, 6.07) is 7.05. The molecule has 0 bridgehead atoms. The van der Waals surface area contributed by atoms with Crippen molar-refractivity contribution >= 4 is 17.6 Å². The van der Waals surface area contributed by atoms with E-state index in [0.29, 0.717) is 5.56 Å². The summed E-state index contributed by atoms with van der Waals surface area (Å²) in [4.78, 5) is 31.3. The van der Waals surface area contributed by atoms with Crippen molar-refractivity contribution in [3.05, 3.63) is 59.4 Å². The zero-order valence-electron chi connectivity index (χ0n) is 17.8. The molecule has 0 fully saturated rings. The van der Waals surface area contributed by atoms with Crippen LogP contribution in [0.3, 0.4) is 0 Å². The average Bonchev–Trinajstić information content (AvgIpc) is 3.14. The Labute approximate surface area is 183 Å². The molecule has 0 aliphatic heterocycles. The van der Waals surface area contributed by atoms with Gasteiger partial charge in [-0.1, -0.05) is 32.0 Å². The molecule has 3 aromatic rings. The molecule has 32 heavy (non-hydrogen) atoms. The number of nitrogens with one attached hydrogen (secondary N) is 1. The van der Waals surface area contributed by atoms with Crippen LogP contribution in [0.4, 0.5) is 14.6 Å². The van der Waals surface area contributed by atoms with Crippen LogP contribution in [-0.4, -0.2) is 42.6 Å². The number of anilines is 1. The molecule has 0 saturated carbocycles. The zero-order chi connectivity index (χ0) is 23.4. The first-order valence-electron chi connectivity index (χ1n) is 9.99. The number of halogens is 2. The molecule has 0 amide bonds. The van der Waals surface area contributed by atoms with Gasteiger partial charge in [0.2, 0.25) is 0 Å². The maximum Gasteiger partial charge on any atom is 0.305 e. The van der Waals surface area contributed by atoms with E-state index in [1.54, 1.807) is 18.2 Å². The second-order valence-electron chi connectivity index (χ2n) is 7.70. The Kier molecular flexibility index (Phi) is 6.92. The molecule has 0 spiro atoms. The predicted octanol–water partition coefficient (Wildman–Crippen LogP) is 3.78. The minimum Gasteiger partial charge on any atom is -0.481 e. The molecule has 0 aliphatic rings. The number of aromatic nitrogens is 4. The first kappa shape index (κ1) is 23.0. The number of hydrogen-bond donors (Lipinski definition) is 2. The molecular formula is C22H23F2N5O3. The van der Waals surface area contributed by atoms with Gasteiger partial charge in [0, 0.05) is 18.5 Å². The average molecular weight is 443 g/mol. The Morgan fingerprint density at radius 3 is 2.53 bits per heavy atom. The molecule has 10 heteroatoms. The lowest BCUT2D eigenvalue weighted by Crippen LogP contribution is -2.29. The lowest BCUT2D eigenvalue weighted by atomic mass is 10.0. The van der Waals surface area contributed by atoms with Crippen molar-refractivity contribution in [2.24, 2.45) is 5.92 Å². The van der Waals surface area contributed by atoms with E-state index in [2.05, 4.69) is 20.4 Å². The Bertz CT molecular complexity index is 1150. The molecule has 2 N–H and O–H groups in total. The maximum atomic E-state index is 14.3. The van der Waals surface area contributed by atoms with E-state index in [1.165, 1.54) is 23.7 Å². The molecular weight excluding hydrogens is 420 g/mol. The molecule has 0 aliphatic carbocycles. The number of nitrogens with zero attached hydrogens (tertiary/aromatic N) is 4. The molecule has 0 radical (unpaired) electrons. The quantitative estimate of drug-likeness (QED) is 0.484. The van der Waals surface area contributed by atoms with Crippen LogP contribution < -0.4 is 5.32 Å². The van der Waals surface area contributed by atoms with Gasteiger partial charge in [-0.25, -0.2) is 18.7 Å². The standard InChI is InChI=1S/C22H23F2N5O3/c1-12(2)17(9-20(31)32)26-21-16(24)10-25-22(27-21)18-8-19(13(3)30)29(28-18)11-14-6-4-5-7-15(14)23/h4-8,10,12,17H,9,11H2,1-3H3,(H,31,32)(H,25,26,27)/t17-/m0/s1. The molecule has 2 heterocycles. The number of benzene rings is 1. The summed E-state index contributed by atoms with van der Waals surface area (Å²) in [5.41, 5.74) is 0.769. The molecule has 1 atom stereocenters. The smallest absolute Gasteiger partial charge is 0.305 e. The van der Waals surface area contributed by atoms with Crippen molar-refractivity contribution in [2.45, 2.75) is 39.8 Å². The van der Waals surface area contributed by atoms with Crippen molar-refractivity contribution in [1.29, 1.82) is 0 Å². The fourth-order valence-corrected chi connectivity index (χ4v) is 3.13. The first-order chi connectivity index (χ1) is 15.2. The van der Waals surface area contributed by atoms with Gasteiger partial charge < -0.3 is 10.4 Å². The van der Waals surface area contributed by atoms with Crippen LogP contribution in [0.2, 0.25) is 0 Å². The van der Waals surface area contributed by atoms with Crippen molar-refractivity contribution < 1.29 is 23.5 Å². The van der Waals surface area contributed by atoms with Crippen LogP contribution in [0.25, 0.3) is 11.5 Å². The van der Waals surface area contributed by atoms with E-state index in [1.807, 2.05) is 13.8 Å². The predicted molar refractivity (Wildman–Crippen MR) is 113 cm³/mol. The van der Waals surface area contributed by atoms with Gasteiger partial charge in [-0.3, -0.25) is 14.3 Å². The van der Waals surface area contributed by atoms with E-state index in [0.717, 1.165) is 6.20 Å². The summed E-state index contributed by atoms with van der Waals surface area (Å²) >= 11 is 0. The first-order valence-corrected chi connectivity index (χ1v) is 9.99. The number of carbonyl (C=O) groups is 2. The SMILES string of the molecule is CC(=O)c1cc(-c2ncc(F)c(N[C@@H](CC(=O)O)C(C)C)n2)nn1Cc1ccccc1F. The van der Waals surface area contributed by atoms with E-state index < -0.39 is 23.6 Å². The van der Waals surface area contributed by atoms with Crippen LogP contribution in [0.15, 0.2) is 36.5 Å². The Hall–Kier alpha value is -3.69. The monoisotopic (exact) mass is 443 g/mol. The highest BCUT2D eigenvalue weighted by atomic mass is 19.1. The fourth-order valence-electron chi connectivity index (χ4n) is 3.13. The summed E-state index contributed by atoms with van der Waals surface area (Å²) in [5, 5.41) is 16.3. The second-order valence-corrected chi connectivity index (χ2v) is 7.70. The summed E-state index contributed by atoms with van der Waals surface area (Å²) < 4.78 is 29.7. The highest BCUT2D eigenvalue weighted by Gasteiger charge is 2.21. The number of hydrogen-bond acceptors (Lipinski definition) is 6. The van der Waals surface area contributed by atoms with Gasteiger partial charge in [0.1, 0.15) is 17.2 Å². The van der Waals surface area contributed by atoms with Gasteiger partial charge in [0.05, 0.1) is 19.2 Å². The number of carboxylic acids is 1. The Balaban J connectivity index is 1.96.